The molecule has 2 nitrogen and oxygen atoms in total. The molecule has 0 saturated carbocycles. The first kappa shape index (κ1) is 15.8. The molecule has 106 valence electrons. The zero-order chi connectivity index (χ0) is 14.5. The molecule has 2 atom stereocenters. The van der Waals surface area contributed by atoms with E-state index in [1.807, 2.05) is 24.3 Å². The molecule has 0 radical (unpaired) electrons. The van der Waals surface area contributed by atoms with Gasteiger partial charge in [0.2, 0.25) is 0 Å². The maximum Gasteiger partial charge on any atom is 0.115 e. The third kappa shape index (κ3) is 3.98. The van der Waals surface area contributed by atoms with Crippen LogP contribution in [-0.4, -0.2) is 11.0 Å². The maximum absolute atomic E-state index is 6.29. The Morgan fingerprint density at radius 3 is 2.80 bits per heavy atom. The summed E-state index contributed by atoms with van der Waals surface area (Å²) in [5.74, 6) is 0. The van der Waals surface area contributed by atoms with E-state index in [4.69, 9.17) is 17.3 Å². The van der Waals surface area contributed by atoms with Crippen LogP contribution in [0.25, 0.3) is 0 Å². The molecule has 0 spiro atoms. The van der Waals surface area contributed by atoms with Crippen molar-refractivity contribution < 1.29 is 0 Å². The highest BCUT2D eigenvalue weighted by atomic mass is 79.9. The summed E-state index contributed by atoms with van der Waals surface area (Å²) >= 11 is 11.3. The lowest BCUT2D eigenvalue weighted by atomic mass is 10.0. The minimum absolute atomic E-state index is 0.0485. The van der Waals surface area contributed by atoms with Crippen LogP contribution in [0.3, 0.4) is 0 Å². The molecule has 2 aromatic rings. The second kappa shape index (κ2) is 7.46. The van der Waals surface area contributed by atoms with Crippen molar-refractivity contribution >= 4 is 39.3 Å². The fourth-order valence-corrected chi connectivity index (χ4v) is 3.74. The minimum atomic E-state index is 0.0485. The van der Waals surface area contributed by atoms with Crippen LogP contribution in [0.1, 0.15) is 24.2 Å². The predicted octanol–water partition coefficient (Wildman–Crippen LogP) is 5.07. The van der Waals surface area contributed by atoms with Gasteiger partial charge >= 0.3 is 0 Å². The first-order valence-corrected chi connectivity index (χ1v) is 8.45. The van der Waals surface area contributed by atoms with Gasteiger partial charge in [0.05, 0.1) is 10.3 Å². The van der Waals surface area contributed by atoms with Crippen LogP contribution in [0.5, 0.6) is 0 Å². The van der Waals surface area contributed by atoms with Crippen LogP contribution >= 0.6 is 39.3 Å². The molecule has 1 heterocycles. The predicted molar refractivity (Wildman–Crippen MR) is 90.3 cm³/mol. The summed E-state index contributed by atoms with van der Waals surface area (Å²) in [6.07, 6.45) is 2.65. The van der Waals surface area contributed by atoms with E-state index in [1.165, 1.54) is 5.56 Å². The highest BCUT2D eigenvalue weighted by Crippen LogP contribution is 2.40. The molecule has 2 unspecified atom stereocenters. The number of hydrogen-bond donors (Lipinski definition) is 1. The van der Waals surface area contributed by atoms with Crippen LogP contribution in [0.2, 0.25) is 5.02 Å². The molecule has 0 aliphatic carbocycles. The van der Waals surface area contributed by atoms with Crippen LogP contribution in [0.15, 0.2) is 52.1 Å². The summed E-state index contributed by atoms with van der Waals surface area (Å²) in [7, 11) is 0. The molecular formula is C15H16BrClN2S. The Morgan fingerprint density at radius 2 is 2.15 bits per heavy atom. The lowest BCUT2D eigenvalue weighted by molar-refractivity contribution is 0.633. The Kier molecular flexibility index (Phi) is 5.90. The van der Waals surface area contributed by atoms with Crippen LogP contribution in [-0.2, 0) is 0 Å². The lowest BCUT2D eigenvalue weighted by Gasteiger charge is -2.23. The van der Waals surface area contributed by atoms with Crippen molar-refractivity contribution in [2.75, 3.05) is 0 Å². The normalized spacial score (nSPS) is 14.0. The topological polar surface area (TPSA) is 38.9 Å². The second-order valence-electron chi connectivity index (χ2n) is 4.46. The van der Waals surface area contributed by atoms with Crippen molar-refractivity contribution in [3.63, 3.8) is 0 Å². The van der Waals surface area contributed by atoms with E-state index in [-0.39, 0.29) is 11.3 Å². The van der Waals surface area contributed by atoms with Crippen LogP contribution in [0.4, 0.5) is 0 Å². The molecule has 0 saturated heterocycles. The molecule has 1 aromatic heterocycles. The Balaban J connectivity index is 2.31. The molecule has 2 N–H and O–H groups in total. The number of aromatic nitrogens is 1. The number of thioether (sulfide) groups is 1. The molecule has 2 rings (SSSR count). The first-order chi connectivity index (χ1) is 9.61. The van der Waals surface area contributed by atoms with E-state index >= 15 is 0 Å². The standard InChI is InChI=1S/C15H16BrClN2S/c1-2-13(18)14(10-5-3-6-11(16)9-10)20-15-12(17)7-4-8-19-15/h3-9,13-14H,2,18H2,1H3. The van der Waals surface area contributed by atoms with E-state index in [0.29, 0.717) is 5.02 Å². The molecule has 0 fully saturated rings. The number of nitrogens with two attached hydrogens (primary N) is 1. The minimum Gasteiger partial charge on any atom is -0.326 e. The first-order valence-electron chi connectivity index (χ1n) is 6.40. The quantitative estimate of drug-likeness (QED) is 0.746. The van der Waals surface area contributed by atoms with Gasteiger partial charge in [-0.2, -0.15) is 0 Å². The van der Waals surface area contributed by atoms with Crippen molar-refractivity contribution in [1.29, 1.82) is 0 Å². The van der Waals surface area contributed by atoms with Gasteiger partial charge in [-0.15, -0.1) is 0 Å². The highest BCUT2D eigenvalue weighted by molar-refractivity contribution is 9.10. The van der Waals surface area contributed by atoms with Gasteiger partial charge in [0.25, 0.3) is 0 Å². The smallest absolute Gasteiger partial charge is 0.115 e. The summed E-state index contributed by atoms with van der Waals surface area (Å²) in [6, 6.07) is 12.0. The molecule has 0 aliphatic rings. The number of pyridine rings is 1. The number of benzene rings is 1. The summed E-state index contributed by atoms with van der Waals surface area (Å²) < 4.78 is 1.05. The van der Waals surface area contributed by atoms with E-state index < -0.39 is 0 Å². The van der Waals surface area contributed by atoms with Gasteiger partial charge in [0, 0.05) is 16.7 Å². The van der Waals surface area contributed by atoms with E-state index in [9.17, 15) is 0 Å². The van der Waals surface area contributed by atoms with Crippen LogP contribution < -0.4 is 5.73 Å². The SMILES string of the molecule is CCC(N)C(Sc1ncccc1Cl)c1cccc(Br)c1. The lowest BCUT2D eigenvalue weighted by Crippen LogP contribution is -2.25. The molecular weight excluding hydrogens is 356 g/mol. The summed E-state index contributed by atoms with van der Waals surface area (Å²) in [6.45, 7) is 2.09. The second-order valence-corrected chi connectivity index (χ2v) is 6.91. The Bertz CT molecular complexity index is 579. The molecule has 0 aliphatic heterocycles. The van der Waals surface area contributed by atoms with Gasteiger partial charge in [-0.25, -0.2) is 4.98 Å². The Labute approximate surface area is 137 Å². The fourth-order valence-electron chi connectivity index (χ4n) is 1.88. The number of rotatable bonds is 5. The van der Waals surface area contributed by atoms with Crippen molar-refractivity contribution in [2.45, 2.75) is 29.7 Å². The van der Waals surface area contributed by atoms with Gasteiger partial charge in [-0.3, -0.25) is 0 Å². The van der Waals surface area contributed by atoms with Gasteiger partial charge < -0.3 is 5.73 Å². The van der Waals surface area contributed by atoms with Crippen LogP contribution in [0, 0.1) is 0 Å². The van der Waals surface area contributed by atoms with E-state index in [1.54, 1.807) is 18.0 Å². The van der Waals surface area contributed by atoms with Crippen molar-refractivity contribution in [1.82, 2.24) is 4.98 Å². The van der Waals surface area contributed by atoms with Crippen molar-refractivity contribution in [3.8, 4) is 0 Å². The third-order valence-corrected chi connectivity index (χ3v) is 5.34. The van der Waals surface area contributed by atoms with Gasteiger partial charge in [0.1, 0.15) is 5.03 Å². The highest BCUT2D eigenvalue weighted by Gasteiger charge is 2.21. The third-order valence-electron chi connectivity index (χ3n) is 3.00. The summed E-state index contributed by atoms with van der Waals surface area (Å²) in [5.41, 5.74) is 7.47. The number of hydrogen-bond acceptors (Lipinski definition) is 3. The number of nitrogens with zero attached hydrogens (tertiary/aromatic N) is 1. The van der Waals surface area contributed by atoms with Crippen molar-refractivity contribution in [2.24, 2.45) is 5.73 Å². The Hall–Kier alpha value is -0.550. The average molecular weight is 372 g/mol. The van der Waals surface area contributed by atoms with E-state index in [0.717, 1.165) is 15.9 Å². The zero-order valence-corrected chi connectivity index (χ0v) is 14.3. The monoisotopic (exact) mass is 370 g/mol. The van der Waals surface area contributed by atoms with Gasteiger partial charge in [-0.05, 0) is 36.2 Å². The molecule has 1 aromatic carbocycles. The van der Waals surface area contributed by atoms with Crippen molar-refractivity contribution in [3.05, 3.63) is 57.7 Å². The molecule has 0 amide bonds. The Morgan fingerprint density at radius 1 is 1.35 bits per heavy atom. The fraction of sp³-hybridized carbons (Fsp3) is 0.267. The molecule has 5 heteroatoms. The zero-order valence-electron chi connectivity index (χ0n) is 11.1. The average Bonchev–Trinajstić information content (AvgIpc) is 2.45. The number of halogens is 2. The van der Waals surface area contributed by atoms with Gasteiger partial charge in [-0.1, -0.05) is 58.3 Å². The summed E-state index contributed by atoms with van der Waals surface area (Å²) in [4.78, 5) is 4.35. The molecule has 0 bridgehead atoms. The largest absolute Gasteiger partial charge is 0.326 e. The maximum atomic E-state index is 6.29. The molecule has 20 heavy (non-hydrogen) atoms. The van der Waals surface area contributed by atoms with E-state index in [2.05, 4.69) is 40.0 Å². The summed E-state index contributed by atoms with van der Waals surface area (Å²) in [5, 5.41) is 1.62. The van der Waals surface area contributed by atoms with Gasteiger partial charge in [0.15, 0.2) is 0 Å².